The number of rotatable bonds is 5. The summed E-state index contributed by atoms with van der Waals surface area (Å²) in [7, 11) is 0. The van der Waals surface area contributed by atoms with E-state index in [4.69, 9.17) is 10.2 Å². The summed E-state index contributed by atoms with van der Waals surface area (Å²) in [5, 5.41) is 2.90. The number of carbonyl (C=O) groups excluding carboxylic acids is 4. The third-order valence-electron chi connectivity index (χ3n) is 4.53. The summed E-state index contributed by atoms with van der Waals surface area (Å²) in [5.41, 5.74) is 6.38. The van der Waals surface area contributed by atoms with Crippen LogP contribution in [0.5, 0.6) is 0 Å². The first kappa shape index (κ1) is 18.2. The Labute approximate surface area is 164 Å². The van der Waals surface area contributed by atoms with Crippen LogP contribution in [-0.2, 0) is 27.5 Å². The van der Waals surface area contributed by atoms with Crippen LogP contribution in [0.15, 0.2) is 58.8 Å². The summed E-state index contributed by atoms with van der Waals surface area (Å²) in [6.45, 7) is -0.154. The molecule has 3 aromatic rings. The van der Waals surface area contributed by atoms with Crippen LogP contribution in [0.25, 0.3) is 17.0 Å². The molecule has 5 amide bonds. The molecule has 1 fully saturated rings. The summed E-state index contributed by atoms with van der Waals surface area (Å²) < 4.78 is 6.83. The highest BCUT2D eigenvalue weighted by molar-refractivity contribution is 6.31. The van der Waals surface area contributed by atoms with Gasteiger partial charge in [0, 0.05) is 22.7 Å². The SMILES string of the molecule is NC(=O)Cn1cc(/C=C2/C(=O)NC(=O)N(Cc3ccco3)C2=O)c2ccccc21. The molecule has 3 heterocycles. The van der Waals surface area contributed by atoms with E-state index in [0.29, 0.717) is 11.3 Å². The zero-order valence-corrected chi connectivity index (χ0v) is 15.1. The van der Waals surface area contributed by atoms with Crippen LogP contribution >= 0.6 is 0 Å². The van der Waals surface area contributed by atoms with E-state index in [-0.39, 0.29) is 18.7 Å². The van der Waals surface area contributed by atoms with Crippen molar-refractivity contribution < 1.29 is 23.6 Å². The summed E-state index contributed by atoms with van der Waals surface area (Å²) in [6.07, 6.45) is 4.46. The Morgan fingerprint density at radius 2 is 1.93 bits per heavy atom. The van der Waals surface area contributed by atoms with Gasteiger partial charge in [0.15, 0.2) is 0 Å². The lowest BCUT2D eigenvalue weighted by Crippen LogP contribution is -2.53. The lowest BCUT2D eigenvalue weighted by molar-refractivity contribution is -0.130. The molecule has 0 aliphatic carbocycles. The third-order valence-corrected chi connectivity index (χ3v) is 4.53. The molecule has 2 aromatic heterocycles. The van der Waals surface area contributed by atoms with Crippen LogP contribution in [-0.4, -0.2) is 33.2 Å². The lowest BCUT2D eigenvalue weighted by atomic mass is 10.1. The molecule has 146 valence electrons. The van der Waals surface area contributed by atoms with Gasteiger partial charge in [-0.05, 0) is 24.3 Å². The number of nitrogens with zero attached hydrogens (tertiary/aromatic N) is 2. The Kier molecular flexibility index (Phi) is 4.47. The van der Waals surface area contributed by atoms with Gasteiger partial charge in [-0.2, -0.15) is 0 Å². The van der Waals surface area contributed by atoms with E-state index in [2.05, 4.69) is 5.32 Å². The number of para-hydroxylation sites is 1. The van der Waals surface area contributed by atoms with E-state index in [9.17, 15) is 19.2 Å². The van der Waals surface area contributed by atoms with Crippen molar-refractivity contribution in [2.24, 2.45) is 5.73 Å². The third kappa shape index (κ3) is 3.41. The minimum Gasteiger partial charge on any atom is -0.467 e. The van der Waals surface area contributed by atoms with Crippen molar-refractivity contribution in [3.8, 4) is 0 Å². The maximum atomic E-state index is 12.9. The van der Waals surface area contributed by atoms with Crippen molar-refractivity contribution in [3.05, 3.63) is 65.8 Å². The monoisotopic (exact) mass is 392 g/mol. The Hall–Kier alpha value is -4.14. The van der Waals surface area contributed by atoms with E-state index in [1.54, 1.807) is 47.2 Å². The highest BCUT2D eigenvalue weighted by Crippen LogP contribution is 2.25. The highest BCUT2D eigenvalue weighted by Gasteiger charge is 2.36. The zero-order chi connectivity index (χ0) is 20.5. The molecule has 1 aliphatic rings. The Balaban J connectivity index is 1.74. The Morgan fingerprint density at radius 1 is 1.14 bits per heavy atom. The number of urea groups is 1. The maximum Gasteiger partial charge on any atom is 0.331 e. The molecule has 0 atom stereocenters. The van der Waals surface area contributed by atoms with Crippen molar-refractivity contribution in [3.63, 3.8) is 0 Å². The molecule has 29 heavy (non-hydrogen) atoms. The molecule has 0 radical (unpaired) electrons. The van der Waals surface area contributed by atoms with E-state index >= 15 is 0 Å². The molecule has 0 bridgehead atoms. The van der Waals surface area contributed by atoms with Gasteiger partial charge in [-0.15, -0.1) is 0 Å². The molecule has 3 N–H and O–H groups in total. The number of amides is 5. The highest BCUT2D eigenvalue weighted by atomic mass is 16.3. The van der Waals surface area contributed by atoms with Crippen LogP contribution in [0.4, 0.5) is 4.79 Å². The molecular formula is C20H16N4O5. The second-order valence-corrected chi connectivity index (χ2v) is 6.48. The van der Waals surface area contributed by atoms with Crippen molar-refractivity contribution >= 4 is 40.7 Å². The average molecular weight is 392 g/mol. The van der Waals surface area contributed by atoms with E-state index in [0.717, 1.165) is 15.8 Å². The Bertz CT molecular complexity index is 1170. The zero-order valence-electron chi connectivity index (χ0n) is 15.1. The molecular weight excluding hydrogens is 376 g/mol. The van der Waals surface area contributed by atoms with E-state index < -0.39 is 23.8 Å². The number of hydrogen-bond donors (Lipinski definition) is 2. The van der Waals surface area contributed by atoms with Gasteiger partial charge in [0.2, 0.25) is 5.91 Å². The fraction of sp³-hybridized carbons (Fsp3) is 0.100. The molecule has 1 saturated heterocycles. The number of hydrogen-bond acceptors (Lipinski definition) is 5. The van der Waals surface area contributed by atoms with Crippen LogP contribution < -0.4 is 11.1 Å². The molecule has 9 heteroatoms. The summed E-state index contributed by atoms with van der Waals surface area (Å²) in [5.74, 6) is -1.64. The first-order valence-corrected chi connectivity index (χ1v) is 8.71. The number of primary amides is 1. The van der Waals surface area contributed by atoms with Crippen molar-refractivity contribution in [2.45, 2.75) is 13.1 Å². The largest absolute Gasteiger partial charge is 0.467 e. The van der Waals surface area contributed by atoms with Crippen LogP contribution in [0.2, 0.25) is 0 Å². The quantitative estimate of drug-likeness (QED) is 0.501. The second-order valence-electron chi connectivity index (χ2n) is 6.48. The van der Waals surface area contributed by atoms with Crippen molar-refractivity contribution in [1.82, 2.24) is 14.8 Å². The molecule has 9 nitrogen and oxygen atoms in total. The van der Waals surface area contributed by atoms with Crippen molar-refractivity contribution in [1.29, 1.82) is 0 Å². The number of furan rings is 1. The minimum absolute atomic E-state index is 0.0487. The average Bonchev–Trinajstić information content (AvgIpc) is 3.30. The van der Waals surface area contributed by atoms with E-state index in [1.807, 2.05) is 0 Å². The van der Waals surface area contributed by atoms with Crippen molar-refractivity contribution in [2.75, 3.05) is 0 Å². The topological polar surface area (TPSA) is 128 Å². The van der Waals surface area contributed by atoms with Gasteiger partial charge in [0.05, 0.1) is 12.8 Å². The Morgan fingerprint density at radius 3 is 2.66 bits per heavy atom. The number of aromatic nitrogens is 1. The second kappa shape index (κ2) is 7.12. The number of fused-ring (bicyclic) bond motifs is 1. The first-order chi connectivity index (χ1) is 13.9. The van der Waals surface area contributed by atoms with Gasteiger partial charge >= 0.3 is 6.03 Å². The number of carbonyl (C=O) groups is 4. The number of imide groups is 2. The summed E-state index contributed by atoms with van der Waals surface area (Å²) in [6, 6.07) is 9.65. The van der Waals surface area contributed by atoms with Gasteiger partial charge in [-0.1, -0.05) is 18.2 Å². The maximum absolute atomic E-state index is 12.9. The molecule has 0 spiro atoms. The number of nitrogens with one attached hydrogen (secondary N) is 1. The van der Waals surface area contributed by atoms with Crippen LogP contribution in [0, 0.1) is 0 Å². The minimum atomic E-state index is -0.815. The molecule has 0 saturated carbocycles. The normalized spacial score (nSPS) is 15.9. The molecule has 0 unspecified atom stereocenters. The molecule has 1 aromatic carbocycles. The predicted octanol–water partition coefficient (Wildman–Crippen LogP) is 1.38. The fourth-order valence-corrected chi connectivity index (χ4v) is 3.24. The van der Waals surface area contributed by atoms with Crippen LogP contribution in [0.3, 0.4) is 0 Å². The number of benzene rings is 1. The van der Waals surface area contributed by atoms with E-state index in [1.165, 1.54) is 12.3 Å². The first-order valence-electron chi connectivity index (χ1n) is 8.71. The molecule has 4 rings (SSSR count). The standard InChI is InChI=1S/C20H16N4O5/c21-17(25)11-23-9-12(14-5-1-2-6-16(14)23)8-15-18(26)22-20(28)24(19(15)27)10-13-4-3-7-29-13/h1-9H,10-11H2,(H2,21,25)(H,22,26,28)/b15-8-. The smallest absolute Gasteiger partial charge is 0.331 e. The van der Waals surface area contributed by atoms with Gasteiger partial charge in [-0.25, -0.2) is 4.79 Å². The molecule has 1 aliphatic heterocycles. The summed E-state index contributed by atoms with van der Waals surface area (Å²) >= 11 is 0. The van der Waals surface area contributed by atoms with Crippen LogP contribution in [0.1, 0.15) is 11.3 Å². The number of nitrogens with two attached hydrogens (primary N) is 1. The van der Waals surface area contributed by atoms with Gasteiger partial charge < -0.3 is 14.7 Å². The summed E-state index contributed by atoms with van der Waals surface area (Å²) in [4.78, 5) is 49.6. The lowest BCUT2D eigenvalue weighted by Gasteiger charge is -2.25. The fourth-order valence-electron chi connectivity index (χ4n) is 3.24. The predicted molar refractivity (Wildman–Crippen MR) is 102 cm³/mol. The number of barbiturate groups is 1. The van der Waals surface area contributed by atoms with Gasteiger partial charge in [0.1, 0.15) is 17.9 Å². The van der Waals surface area contributed by atoms with Gasteiger partial charge in [-0.3, -0.25) is 24.6 Å². The van der Waals surface area contributed by atoms with Gasteiger partial charge in [0.25, 0.3) is 11.8 Å².